The maximum Gasteiger partial charge on any atom is 0.349 e. The smallest absolute Gasteiger partial charge is 0.349 e. The molecule has 0 bridgehead atoms. The molecule has 1 aromatic rings. The van der Waals surface area contributed by atoms with Crippen LogP contribution < -0.4 is 11.0 Å². The third kappa shape index (κ3) is 2.41. The lowest BCUT2D eigenvalue weighted by atomic mass is 10.1. The fourth-order valence-corrected chi connectivity index (χ4v) is 1.75. The molecule has 70 valence electrons. The molecule has 0 unspecified atom stereocenters. The summed E-state index contributed by atoms with van der Waals surface area (Å²) in [4.78, 5) is 0. The Kier molecular flexibility index (Phi) is 3.23. The maximum absolute atomic E-state index is 10.7. The molecule has 0 heterocycles. The number of phenolic OH excluding ortho intramolecular Hbond substituents is 1. The Hall–Kier alpha value is -1.12. The van der Waals surface area contributed by atoms with Crippen LogP contribution in [0.3, 0.4) is 0 Å². The molecule has 0 atom stereocenters. The molecule has 0 fully saturated rings. The average molecular weight is 199 g/mol. The molecule has 1 rings (SSSR count). The lowest BCUT2D eigenvalue weighted by Gasteiger charge is -2.01. The van der Waals surface area contributed by atoms with Gasteiger partial charge in [-0.1, -0.05) is 6.07 Å². The standard InChI is InChI=1S/C8H10NO3P/c9-4-3-6-1-2-7(10)5-8(6)13(11)12/h1-2,5,10H,3-4,9H2. The summed E-state index contributed by atoms with van der Waals surface area (Å²) in [5, 5.41) is 9.21. The van der Waals surface area contributed by atoms with Gasteiger partial charge < -0.3 is 10.8 Å². The van der Waals surface area contributed by atoms with E-state index in [0.717, 1.165) is 0 Å². The van der Waals surface area contributed by atoms with Crippen molar-refractivity contribution >= 4 is 13.0 Å². The van der Waals surface area contributed by atoms with Gasteiger partial charge in [0, 0.05) is 0 Å². The first-order valence-corrected chi connectivity index (χ1v) is 4.99. The van der Waals surface area contributed by atoms with E-state index in [-0.39, 0.29) is 11.1 Å². The summed E-state index contributed by atoms with van der Waals surface area (Å²) in [6.07, 6.45) is 0.499. The zero-order chi connectivity index (χ0) is 9.84. The van der Waals surface area contributed by atoms with E-state index < -0.39 is 7.68 Å². The molecule has 0 amide bonds. The van der Waals surface area contributed by atoms with Crippen molar-refractivity contribution in [3.63, 3.8) is 0 Å². The molecule has 0 radical (unpaired) electrons. The molecule has 5 heteroatoms. The highest BCUT2D eigenvalue weighted by molar-refractivity contribution is 7.40. The molecule has 0 spiro atoms. The summed E-state index contributed by atoms with van der Waals surface area (Å²) in [6, 6.07) is 4.26. The van der Waals surface area contributed by atoms with E-state index in [1.54, 1.807) is 6.07 Å². The van der Waals surface area contributed by atoms with Gasteiger partial charge in [-0.3, -0.25) is 0 Å². The molecule has 0 aliphatic rings. The predicted octanol–water partition coefficient (Wildman–Crippen LogP) is 0.692. The number of hydrogen-bond acceptors (Lipinski definition) is 4. The minimum absolute atomic E-state index is 0.0463. The van der Waals surface area contributed by atoms with E-state index in [0.29, 0.717) is 18.5 Å². The van der Waals surface area contributed by atoms with Crippen molar-refractivity contribution in [1.29, 1.82) is 0 Å². The fourth-order valence-electron chi connectivity index (χ4n) is 1.09. The molecule has 0 saturated heterocycles. The van der Waals surface area contributed by atoms with Crippen molar-refractivity contribution in [2.45, 2.75) is 6.42 Å². The normalized spacial score (nSPS) is 9.92. The van der Waals surface area contributed by atoms with Crippen LogP contribution in [-0.4, -0.2) is 11.7 Å². The van der Waals surface area contributed by atoms with Gasteiger partial charge in [-0.05, 0) is 30.7 Å². The minimum atomic E-state index is -2.66. The molecule has 4 nitrogen and oxygen atoms in total. The van der Waals surface area contributed by atoms with E-state index in [1.807, 2.05) is 0 Å². The molecule has 0 aliphatic carbocycles. The Bertz CT molecular complexity index is 366. The number of rotatable bonds is 3. The van der Waals surface area contributed by atoms with Gasteiger partial charge >= 0.3 is 7.68 Å². The first-order chi connectivity index (χ1) is 6.15. The van der Waals surface area contributed by atoms with Crippen LogP contribution in [-0.2, 0) is 15.6 Å². The van der Waals surface area contributed by atoms with Crippen LogP contribution in [0.2, 0.25) is 0 Å². The van der Waals surface area contributed by atoms with Crippen molar-refractivity contribution < 1.29 is 14.2 Å². The summed E-state index contributed by atoms with van der Waals surface area (Å²) in [5.74, 6) is -0.0463. The molecule has 0 saturated carbocycles. The quantitative estimate of drug-likeness (QED) is 0.702. The zero-order valence-corrected chi connectivity index (χ0v) is 7.83. The highest BCUT2D eigenvalue weighted by atomic mass is 31.1. The largest absolute Gasteiger partial charge is 0.508 e. The van der Waals surface area contributed by atoms with Crippen molar-refractivity contribution in [2.75, 3.05) is 6.54 Å². The zero-order valence-electron chi connectivity index (χ0n) is 6.93. The Morgan fingerprint density at radius 3 is 2.62 bits per heavy atom. The van der Waals surface area contributed by atoms with Crippen molar-refractivity contribution in [3.8, 4) is 5.75 Å². The predicted molar refractivity (Wildman–Crippen MR) is 48.8 cm³/mol. The van der Waals surface area contributed by atoms with E-state index in [2.05, 4.69) is 0 Å². The van der Waals surface area contributed by atoms with Crippen LogP contribution in [0.5, 0.6) is 5.75 Å². The Morgan fingerprint density at radius 2 is 2.08 bits per heavy atom. The van der Waals surface area contributed by atoms with Gasteiger partial charge in [-0.2, -0.15) is 0 Å². The summed E-state index contributed by atoms with van der Waals surface area (Å²) < 4.78 is 21.5. The van der Waals surface area contributed by atoms with Crippen LogP contribution in [0, 0.1) is 0 Å². The molecule has 0 aliphatic heterocycles. The number of aromatic hydroxyl groups is 1. The van der Waals surface area contributed by atoms with E-state index in [1.165, 1.54) is 12.1 Å². The van der Waals surface area contributed by atoms with E-state index in [9.17, 15) is 9.13 Å². The Morgan fingerprint density at radius 1 is 1.38 bits per heavy atom. The molecule has 1 aromatic carbocycles. The summed E-state index contributed by atoms with van der Waals surface area (Å²) in [7, 11) is -2.66. The Labute approximate surface area is 76.2 Å². The topological polar surface area (TPSA) is 80.4 Å². The molecule has 3 N–H and O–H groups in total. The number of nitrogens with two attached hydrogens (primary N) is 1. The summed E-state index contributed by atoms with van der Waals surface area (Å²) in [6.45, 7) is 0.390. The van der Waals surface area contributed by atoms with Crippen molar-refractivity contribution in [2.24, 2.45) is 5.73 Å². The van der Waals surface area contributed by atoms with Gasteiger partial charge in [-0.15, -0.1) is 0 Å². The van der Waals surface area contributed by atoms with Crippen molar-refractivity contribution in [3.05, 3.63) is 23.8 Å². The van der Waals surface area contributed by atoms with Crippen LogP contribution in [0.15, 0.2) is 18.2 Å². The van der Waals surface area contributed by atoms with Gasteiger partial charge in [0.1, 0.15) is 5.75 Å². The van der Waals surface area contributed by atoms with Gasteiger partial charge in [0.25, 0.3) is 0 Å². The molecular weight excluding hydrogens is 189 g/mol. The maximum atomic E-state index is 10.7. The summed E-state index contributed by atoms with van der Waals surface area (Å²) in [5.41, 5.74) is 5.96. The lowest BCUT2D eigenvalue weighted by Crippen LogP contribution is -2.10. The van der Waals surface area contributed by atoms with E-state index in [4.69, 9.17) is 10.8 Å². The SMILES string of the molecule is NCCc1ccc(O)cc1P(=O)=O. The second-order valence-corrected chi connectivity index (χ2v) is 3.60. The van der Waals surface area contributed by atoms with E-state index >= 15 is 0 Å². The molecular formula is C8H10NO3P. The first kappa shape index (κ1) is 9.96. The second kappa shape index (κ2) is 4.21. The van der Waals surface area contributed by atoms with Gasteiger partial charge in [0.2, 0.25) is 0 Å². The molecule has 0 aromatic heterocycles. The second-order valence-electron chi connectivity index (χ2n) is 2.61. The third-order valence-electron chi connectivity index (χ3n) is 1.68. The van der Waals surface area contributed by atoms with Crippen LogP contribution in [0.1, 0.15) is 5.56 Å². The Balaban J connectivity index is 3.18. The number of hydrogen-bond donors (Lipinski definition) is 2. The number of phenols is 1. The fraction of sp³-hybridized carbons (Fsp3) is 0.250. The van der Waals surface area contributed by atoms with Gasteiger partial charge in [0.15, 0.2) is 0 Å². The van der Waals surface area contributed by atoms with Crippen molar-refractivity contribution in [1.82, 2.24) is 0 Å². The highest BCUT2D eigenvalue weighted by Crippen LogP contribution is 2.15. The third-order valence-corrected chi connectivity index (χ3v) is 2.49. The average Bonchev–Trinajstić information content (AvgIpc) is 2.08. The highest BCUT2D eigenvalue weighted by Gasteiger charge is 2.07. The minimum Gasteiger partial charge on any atom is -0.508 e. The molecule has 13 heavy (non-hydrogen) atoms. The monoisotopic (exact) mass is 199 g/mol. The van der Waals surface area contributed by atoms with Crippen LogP contribution in [0.4, 0.5) is 0 Å². The number of benzene rings is 1. The lowest BCUT2D eigenvalue weighted by molar-refractivity contribution is 0.475. The first-order valence-electron chi connectivity index (χ1n) is 3.81. The van der Waals surface area contributed by atoms with Gasteiger partial charge in [-0.25, -0.2) is 9.13 Å². The summed E-state index contributed by atoms with van der Waals surface area (Å²) >= 11 is 0. The van der Waals surface area contributed by atoms with Gasteiger partial charge in [0.05, 0.1) is 5.30 Å². The van der Waals surface area contributed by atoms with Crippen LogP contribution >= 0.6 is 7.68 Å². The van der Waals surface area contributed by atoms with Crippen LogP contribution in [0.25, 0.3) is 0 Å².